The molecule has 0 saturated carbocycles. The lowest BCUT2D eigenvalue weighted by Gasteiger charge is -2.22. The number of anilines is 1. The summed E-state index contributed by atoms with van der Waals surface area (Å²) in [5, 5.41) is 15.4. The molecule has 0 spiro atoms. The summed E-state index contributed by atoms with van der Waals surface area (Å²) >= 11 is 0. The maximum Gasteiger partial charge on any atom is 0.372 e. The van der Waals surface area contributed by atoms with Crippen molar-refractivity contribution in [3.8, 4) is 0 Å². The molecule has 1 rings (SSSR count). The van der Waals surface area contributed by atoms with Gasteiger partial charge in [-0.15, -0.1) is 0 Å². The molecule has 0 aromatic carbocycles. The van der Waals surface area contributed by atoms with Gasteiger partial charge in [0, 0.05) is 25.6 Å². The first-order chi connectivity index (χ1) is 20.7. The van der Waals surface area contributed by atoms with Crippen LogP contribution in [0.5, 0.6) is 0 Å². The largest absolute Gasteiger partial charge is 0.476 e. The van der Waals surface area contributed by atoms with E-state index in [9.17, 15) is 38.4 Å². The number of ether oxygens (including phenoxy) is 2. The number of aliphatic carboxylic acids is 1. The molecule has 0 radical (unpaired) electrons. The van der Waals surface area contributed by atoms with Crippen LogP contribution >= 0.6 is 0 Å². The summed E-state index contributed by atoms with van der Waals surface area (Å²) in [5.41, 5.74) is -0.739. The monoisotopic (exact) mass is 622 g/mol. The van der Waals surface area contributed by atoms with Crippen molar-refractivity contribution in [2.24, 2.45) is 5.92 Å². The molecule has 0 aliphatic rings. The van der Waals surface area contributed by atoms with Gasteiger partial charge in [0.15, 0.2) is 0 Å². The van der Waals surface area contributed by atoms with Crippen LogP contribution in [0.1, 0.15) is 60.3 Å². The number of carboxylic acid groups (broad SMARTS) is 1. The van der Waals surface area contributed by atoms with Crippen molar-refractivity contribution in [1.29, 1.82) is 0 Å². The molecule has 244 valence electrons. The fourth-order valence-corrected chi connectivity index (χ4v) is 3.44. The number of rotatable bonds is 16. The van der Waals surface area contributed by atoms with Gasteiger partial charge in [-0.25, -0.2) is 14.4 Å². The third-order valence-corrected chi connectivity index (χ3v) is 5.99. The van der Waals surface area contributed by atoms with Crippen molar-refractivity contribution in [2.45, 2.75) is 78.9 Å². The number of carbonyl (C=O) groups is 7. The van der Waals surface area contributed by atoms with Crippen LogP contribution in [0.2, 0.25) is 0 Å². The van der Waals surface area contributed by atoms with Crippen LogP contribution < -0.4 is 21.5 Å². The third-order valence-electron chi connectivity index (χ3n) is 5.99. The second kappa shape index (κ2) is 21.0. The van der Waals surface area contributed by atoms with Crippen LogP contribution in [0.15, 0.2) is 35.3 Å². The molecule has 1 aromatic heterocycles. The second-order valence-corrected chi connectivity index (χ2v) is 9.36. The molecular weight excluding hydrogens is 580 g/mol. The summed E-state index contributed by atoms with van der Waals surface area (Å²) < 4.78 is 10.6. The molecule has 3 atom stereocenters. The minimum atomic E-state index is -1.34. The lowest BCUT2D eigenvalue weighted by molar-refractivity contribution is -0.148. The highest BCUT2D eigenvalue weighted by atomic mass is 16.5. The van der Waals surface area contributed by atoms with E-state index in [1.165, 1.54) is 51.4 Å². The summed E-state index contributed by atoms with van der Waals surface area (Å²) in [6, 6.07) is 1.01. The maximum atomic E-state index is 12.9. The number of nitrogens with one attached hydrogen (secondary N) is 3. The van der Waals surface area contributed by atoms with Gasteiger partial charge in [0.1, 0.15) is 24.3 Å². The standard InChI is InChI=1S/C25H36N4O8.C4H6O3/c1-6-16(3)22(25(35)36-5)28-20(31)15-29-14-10-12-19(24(29)34)27-23(33)18(26-17(4)30)11-8-9-13-21(32)37-7-2;1-2-3(5)4(6)7/h9-10,12-14,16,18,22H,6-8,11,15H2,1-5H3,(H,26,30)(H,27,33)(H,28,31);2H2,1H3,(H,6,7)/b13-9+;/t16-,18+,22+;/m1./s1. The molecule has 1 aromatic rings. The zero-order valence-corrected chi connectivity index (χ0v) is 25.8. The predicted molar refractivity (Wildman–Crippen MR) is 158 cm³/mol. The molecule has 0 aliphatic heterocycles. The highest BCUT2D eigenvalue weighted by Crippen LogP contribution is 2.10. The summed E-state index contributed by atoms with van der Waals surface area (Å²) in [7, 11) is 1.23. The van der Waals surface area contributed by atoms with Gasteiger partial charge in [-0.05, 0) is 37.8 Å². The lowest BCUT2D eigenvalue weighted by Crippen LogP contribution is -2.47. The van der Waals surface area contributed by atoms with E-state index in [1.54, 1.807) is 13.8 Å². The number of carbonyl (C=O) groups excluding carboxylic acids is 6. The van der Waals surface area contributed by atoms with Gasteiger partial charge in [-0.2, -0.15) is 0 Å². The minimum absolute atomic E-state index is 0.0787. The quantitative estimate of drug-likeness (QED) is 0.116. The SMILES string of the molecule is CCC(=O)C(=O)O.CCOC(=O)/C=C/CC[C@H](NC(C)=O)C(=O)Nc1cccn(CC(=O)N[C@H](C(=O)OC)[C@H](C)CC)c1=O. The highest BCUT2D eigenvalue weighted by Gasteiger charge is 2.27. The van der Waals surface area contributed by atoms with E-state index in [-0.39, 0.29) is 44.0 Å². The average Bonchev–Trinajstić information content (AvgIpc) is 2.98. The predicted octanol–water partition coefficient (Wildman–Crippen LogP) is 0.945. The van der Waals surface area contributed by atoms with Gasteiger partial charge in [-0.1, -0.05) is 33.3 Å². The topological polar surface area (TPSA) is 216 Å². The van der Waals surface area contributed by atoms with Gasteiger partial charge in [-0.3, -0.25) is 24.0 Å². The first-order valence-corrected chi connectivity index (χ1v) is 14.0. The molecule has 0 fully saturated rings. The Kier molecular flexibility index (Phi) is 18.7. The molecule has 4 N–H and O–H groups in total. The van der Waals surface area contributed by atoms with Crippen molar-refractivity contribution >= 4 is 47.1 Å². The van der Waals surface area contributed by atoms with E-state index in [1.807, 2.05) is 6.92 Å². The number of pyridine rings is 1. The van der Waals surface area contributed by atoms with Crippen LogP contribution in [0, 0.1) is 5.92 Å². The Hall–Kier alpha value is -4.82. The number of esters is 2. The number of amides is 3. The Bertz CT molecular complexity index is 1260. The highest BCUT2D eigenvalue weighted by molar-refractivity contribution is 6.32. The van der Waals surface area contributed by atoms with E-state index < -0.39 is 59.1 Å². The van der Waals surface area contributed by atoms with Crippen molar-refractivity contribution in [3.05, 3.63) is 40.8 Å². The van der Waals surface area contributed by atoms with Gasteiger partial charge >= 0.3 is 17.9 Å². The Balaban J connectivity index is 0.00000234. The van der Waals surface area contributed by atoms with Crippen molar-refractivity contribution < 1.29 is 48.1 Å². The fraction of sp³-hybridized carbons (Fsp3) is 0.517. The Morgan fingerprint density at radius 2 is 1.73 bits per heavy atom. The zero-order chi connectivity index (χ0) is 33.8. The van der Waals surface area contributed by atoms with Crippen LogP contribution in [-0.2, 0) is 49.6 Å². The normalized spacial score (nSPS) is 12.4. The molecule has 0 saturated heterocycles. The number of carboxylic acids is 1. The molecular formula is C29H42N4O11. The van der Waals surface area contributed by atoms with E-state index >= 15 is 0 Å². The molecule has 0 unspecified atom stereocenters. The third kappa shape index (κ3) is 14.9. The van der Waals surface area contributed by atoms with E-state index in [4.69, 9.17) is 14.6 Å². The number of aromatic nitrogens is 1. The Morgan fingerprint density at radius 3 is 2.23 bits per heavy atom. The summed E-state index contributed by atoms with van der Waals surface area (Å²) in [4.78, 5) is 92.7. The van der Waals surface area contributed by atoms with Gasteiger partial charge in [0.05, 0.1) is 13.7 Å². The average molecular weight is 623 g/mol. The number of methoxy groups -OCH3 is 1. The van der Waals surface area contributed by atoms with Crippen LogP contribution in [0.4, 0.5) is 5.69 Å². The van der Waals surface area contributed by atoms with E-state index in [2.05, 4.69) is 16.0 Å². The Morgan fingerprint density at radius 1 is 1.07 bits per heavy atom. The molecule has 3 amide bonds. The number of hydrogen-bond acceptors (Lipinski definition) is 10. The molecule has 1 heterocycles. The second-order valence-electron chi connectivity index (χ2n) is 9.36. The number of hydrogen-bond donors (Lipinski definition) is 4. The van der Waals surface area contributed by atoms with E-state index in [0.717, 1.165) is 4.57 Å². The lowest BCUT2D eigenvalue weighted by atomic mass is 9.99. The summed E-state index contributed by atoms with van der Waals surface area (Å²) in [5.74, 6) is -5.03. The number of allylic oxidation sites excluding steroid dienone is 1. The number of Topliss-reactive ketones (excluding diaryl/α,β-unsaturated/α-hetero) is 1. The van der Waals surface area contributed by atoms with Gasteiger partial charge in [0.2, 0.25) is 23.5 Å². The summed E-state index contributed by atoms with van der Waals surface area (Å²) in [6.07, 6.45) is 5.28. The molecule has 0 bridgehead atoms. The van der Waals surface area contributed by atoms with Crippen LogP contribution in [-0.4, -0.2) is 76.9 Å². The fourth-order valence-electron chi connectivity index (χ4n) is 3.44. The van der Waals surface area contributed by atoms with Gasteiger partial charge in [0.25, 0.3) is 5.56 Å². The number of nitrogens with zero attached hydrogens (tertiary/aromatic N) is 1. The molecule has 15 heteroatoms. The zero-order valence-electron chi connectivity index (χ0n) is 25.8. The molecule has 15 nitrogen and oxygen atoms in total. The Labute approximate surface area is 255 Å². The first kappa shape index (κ1) is 39.2. The summed E-state index contributed by atoms with van der Waals surface area (Å²) in [6.45, 7) is 7.95. The van der Waals surface area contributed by atoms with Crippen molar-refractivity contribution in [2.75, 3.05) is 19.0 Å². The smallest absolute Gasteiger partial charge is 0.372 e. The van der Waals surface area contributed by atoms with Crippen molar-refractivity contribution in [3.63, 3.8) is 0 Å². The molecule has 44 heavy (non-hydrogen) atoms. The number of ketones is 1. The first-order valence-electron chi connectivity index (χ1n) is 14.0. The van der Waals surface area contributed by atoms with Gasteiger partial charge < -0.3 is 35.1 Å². The van der Waals surface area contributed by atoms with Crippen LogP contribution in [0.3, 0.4) is 0 Å². The minimum Gasteiger partial charge on any atom is -0.476 e. The van der Waals surface area contributed by atoms with E-state index in [0.29, 0.717) is 6.42 Å². The molecule has 0 aliphatic carbocycles. The van der Waals surface area contributed by atoms with Crippen molar-refractivity contribution in [1.82, 2.24) is 15.2 Å². The maximum absolute atomic E-state index is 12.9. The van der Waals surface area contributed by atoms with Crippen LogP contribution in [0.25, 0.3) is 0 Å².